The lowest BCUT2D eigenvalue weighted by molar-refractivity contribution is 0.0600. The molecule has 0 aromatic carbocycles. The minimum absolute atomic E-state index is 0.142. The van der Waals surface area contributed by atoms with Gasteiger partial charge < -0.3 is 19.1 Å². The number of pyridine rings is 1. The van der Waals surface area contributed by atoms with Crippen molar-refractivity contribution < 1.29 is 23.9 Å². The van der Waals surface area contributed by atoms with E-state index < -0.39 is 5.97 Å². The second kappa shape index (κ2) is 8.35. The van der Waals surface area contributed by atoms with Crippen LogP contribution in [0.3, 0.4) is 0 Å². The van der Waals surface area contributed by atoms with E-state index in [9.17, 15) is 9.90 Å². The van der Waals surface area contributed by atoms with Gasteiger partial charge in [0.25, 0.3) is 0 Å². The molecule has 4 heterocycles. The van der Waals surface area contributed by atoms with Crippen LogP contribution in [0.4, 0.5) is 0 Å². The van der Waals surface area contributed by atoms with Crippen LogP contribution in [-0.4, -0.2) is 48.1 Å². The average Bonchev–Trinajstić information content (AvgIpc) is 3.41. The van der Waals surface area contributed by atoms with E-state index in [4.69, 9.17) is 9.26 Å². The first-order valence-electron chi connectivity index (χ1n) is 9.79. The molecule has 0 atom stereocenters. The molecule has 4 aromatic heterocycles. The molecule has 0 spiro atoms. The molecule has 4 aromatic rings. The van der Waals surface area contributed by atoms with Crippen molar-refractivity contribution in [3.63, 3.8) is 0 Å². The number of methoxy groups -OCH3 is 1. The predicted molar refractivity (Wildman–Crippen MR) is 111 cm³/mol. The summed E-state index contributed by atoms with van der Waals surface area (Å²) in [6, 6.07) is 4.90. The maximum atomic E-state index is 11.6. The van der Waals surface area contributed by atoms with Gasteiger partial charge in [-0.15, -0.1) is 10.2 Å². The molecule has 0 saturated carbocycles. The van der Waals surface area contributed by atoms with Crippen LogP contribution in [0.25, 0.3) is 17.0 Å². The smallest absolute Gasteiger partial charge is 0.339 e. The molecule has 0 unspecified atom stereocenters. The normalized spacial score (nSPS) is 11.7. The third kappa shape index (κ3) is 4.02. The second-order valence-electron chi connectivity index (χ2n) is 8.05. The van der Waals surface area contributed by atoms with Gasteiger partial charge in [-0.2, -0.15) is 5.10 Å². The Morgan fingerprint density at radius 3 is 2.69 bits per heavy atom. The van der Waals surface area contributed by atoms with Crippen molar-refractivity contribution in [3.8, 4) is 17.4 Å². The van der Waals surface area contributed by atoms with Crippen molar-refractivity contribution in [2.24, 2.45) is 0 Å². The highest BCUT2D eigenvalue weighted by molar-refractivity contribution is 5.88. The summed E-state index contributed by atoms with van der Waals surface area (Å²) in [7, 11) is 1.32. The zero-order valence-corrected chi connectivity index (χ0v) is 18.1. The zero-order valence-electron chi connectivity index (χ0n) is 18.1. The molecule has 11 heteroatoms. The van der Waals surface area contributed by atoms with E-state index in [-0.39, 0.29) is 18.6 Å². The van der Waals surface area contributed by atoms with Crippen molar-refractivity contribution >= 4 is 11.5 Å². The summed E-state index contributed by atoms with van der Waals surface area (Å²) in [5, 5.41) is 26.1. The molecule has 0 saturated heterocycles. The Hall–Kier alpha value is -3.86. The van der Waals surface area contributed by atoms with Gasteiger partial charge in [-0.05, 0) is 17.5 Å². The summed E-state index contributed by atoms with van der Waals surface area (Å²) < 4.78 is 17.4. The van der Waals surface area contributed by atoms with E-state index in [0.29, 0.717) is 39.9 Å². The van der Waals surface area contributed by atoms with E-state index in [2.05, 4.69) is 30.2 Å². The highest BCUT2D eigenvalue weighted by Gasteiger charge is 2.28. The Labute approximate surface area is 183 Å². The summed E-state index contributed by atoms with van der Waals surface area (Å²) in [5.74, 6) is 0.607. The molecular weight excluding hydrogens is 416 g/mol. The maximum Gasteiger partial charge on any atom is 0.339 e. The lowest BCUT2D eigenvalue weighted by Crippen LogP contribution is -2.13. The number of ether oxygens (including phenoxy) is 2. The van der Waals surface area contributed by atoms with Gasteiger partial charge in [-0.3, -0.25) is 4.98 Å². The van der Waals surface area contributed by atoms with E-state index in [1.54, 1.807) is 28.9 Å². The van der Waals surface area contributed by atoms with Crippen LogP contribution in [0.15, 0.2) is 35.1 Å². The van der Waals surface area contributed by atoms with Gasteiger partial charge in [-0.1, -0.05) is 25.9 Å². The standard InChI is InChI=1S/C21H22N6O5/c1-21(2,3)17-16-9-23-24-18(15-7-14(10-28)32-26-15)27(16)25-19(17)31-11-13-6-5-12(8-22-13)20(29)30-4/h5-9,28H,10-11H2,1-4H3. The maximum absolute atomic E-state index is 11.6. The molecule has 166 valence electrons. The summed E-state index contributed by atoms with van der Waals surface area (Å²) >= 11 is 0. The van der Waals surface area contributed by atoms with Crippen LogP contribution in [0.1, 0.15) is 48.1 Å². The summed E-state index contributed by atoms with van der Waals surface area (Å²) in [4.78, 5) is 15.8. The molecular formula is C21H22N6O5. The first-order chi connectivity index (χ1) is 15.3. The number of rotatable bonds is 6. The summed E-state index contributed by atoms with van der Waals surface area (Å²) in [6.45, 7) is 5.99. The van der Waals surface area contributed by atoms with Gasteiger partial charge in [-0.25, -0.2) is 9.31 Å². The van der Waals surface area contributed by atoms with Gasteiger partial charge in [0.05, 0.1) is 30.1 Å². The molecule has 0 radical (unpaired) electrons. The third-order valence-electron chi connectivity index (χ3n) is 4.72. The minimum Gasteiger partial charge on any atom is -0.470 e. The fourth-order valence-corrected chi connectivity index (χ4v) is 3.22. The van der Waals surface area contributed by atoms with E-state index in [1.165, 1.54) is 13.3 Å². The number of carbonyl (C=O) groups is 1. The van der Waals surface area contributed by atoms with Crippen molar-refractivity contribution in [3.05, 3.63) is 53.2 Å². The van der Waals surface area contributed by atoms with Gasteiger partial charge in [0.15, 0.2) is 11.5 Å². The lowest BCUT2D eigenvalue weighted by atomic mass is 9.88. The van der Waals surface area contributed by atoms with Crippen LogP contribution in [-0.2, 0) is 23.4 Å². The molecule has 4 rings (SSSR count). The summed E-state index contributed by atoms with van der Waals surface area (Å²) in [5.41, 5.74) is 2.60. The average molecular weight is 438 g/mol. The molecule has 32 heavy (non-hydrogen) atoms. The van der Waals surface area contributed by atoms with Crippen LogP contribution in [0.2, 0.25) is 0 Å². The van der Waals surface area contributed by atoms with Crippen LogP contribution < -0.4 is 4.74 Å². The Morgan fingerprint density at radius 2 is 2.06 bits per heavy atom. The van der Waals surface area contributed by atoms with Gasteiger partial charge >= 0.3 is 5.97 Å². The number of hydrogen-bond donors (Lipinski definition) is 1. The highest BCUT2D eigenvalue weighted by atomic mass is 16.5. The van der Waals surface area contributed by atoms with Crippen molar-refractivity contribution in [2.75, 3.05) is 7.11 Å². The topological polar surface area (TPSA) is 138 Å². The summed E-state index contributed by atoms with van der Waals surface area (Å²) in [6.07, 6.45) is 3.05. The fraction of sp³-hybridized carbons (Fsp3) is 0.333. The molecule has 0 amide bonds. The largest absolute Gasteiger partial charge is 0.470 e. The fourth-order valence-electron chi connectivity index (χ4n) is 3.22. The molecule has 0 aliphatic rings. The quantitative estimate of drug-likeness (QED) is 0.446. The van der Waals surface area contributed by atoms with Crippen LogP contribution in [0.5, 0.6) is 5.88 Å². The number of hydrogen-bond acceptors (Lipinski definition) is 10. The van der Waals surface area contributed by atoms with E-state index in [1.807, 2.05) is 20.8 Å². The van der Waals surface area contributed by atoms with Gasteiger partial charge in [0.2, 0.25) is 11.7 Å². The Morgan fingerprint density at radius 1 is 1.25 bits per heavy atom. The number of fused-ring (bicyclic) bond motifs is 1. The van der Waals surface area contributed by atoms with Crippen molar-refractivity contribution in [1.29, 1.82) is 0 Å². The molecule has 0 fully saturated rings. The molecule has 11 nitrogen and oxygen atoms in total. The van der Waals surface area contributed by atoms with Gasteiger partial charge in [0, 0.05) is 17.8 Å². The highest BCUT2D eigenvalue weighted by Crippen LogP contribution is 2.36. The number of nitrogens with zero attached hydrogens (tertiary/aromatic N) is 6. The SMILES string of the molecule is COC(=O)c1ccc(COc2nn3c(-c4cc(CO)on4)nncc3c2C(C)(C)C)nc1. The first kappa shape index (κ1) is 21.4. The number of carbonyl (C=O) groups excluding carboxylic acids is 1. The molecule has 0 bridgehead atoms. The monoisotopic (exact) mass is 438 g/mol. The molecule has 0 aliphatic carbocycles. The van der Waals surface area contributed by atoms with Crippen molar-refractivity contribution in [1.82, 2.24) is 30.0 Å². The molecule has 0 aliphatic heterocycles. The third-order valence-corrected chi connectivity index (χ3v) is 4.72. The first-order valence-corrected chi connectivity index (χ1v) is 9.79. The second-order valence-corrected chi connectivity index (χ2v) is 8.05. The van der Waals surface area contributed by atoms with Gasteiger partial charge in [0.1, 0.15) is 13.2 Å². The number of esters is 1. The predicted octanol–water partition coefficient (Wildman–Crippen LogP) is 2.33. The van der Waals surface area contributed by atoms with E-state index in [0.717, 1.165) is 5.56 Å². The minimum atomic E-state index is -0.454. The lowest BCUT2D eigenvalue weighted by Gasteiger charge is -2.18. The number of aliphatic hydroxyl groups excluding tert-OH is 1. The Bertz CT molecular complexity index is 1260. The van der Waals surface area contributed by atoms with Crippen LogP contribution in [0, 0.1) is 0 Å². The van der Waals surface area contributed by atoms with Crippen LogP contribution >= 0.6 is 0 Å². The number of aliphatic hydroxyl groups is 1. The Balaban J connectivity index is 1.70. The van der Waals surface area contributed by atoms with Crippen molar-refractivity contribution in [2.45, 2.75) is 39.4 Å². The van der Waals surface area contributed by atoms with E-state index >= 15 is 0 Å². The zero-order chi connectivity index (χ0) is 22.9. The Kier molecular flexibility index (Phi) is 5.57. The number of aromatic nitrogens is 6. The molecule has 1 N–H and O–H groups in total.